The van der Waals surface area contributed by atoms with Crippen molar-refractivity contribution in [1.29, 1.82) is 0 Å². The zero-order valence-corrected chi connectivity index (χ0v) is 10.4. The standard InChI is InChI=1S/C11H20N4O2/c1-14(2)11(17)3-4-12-7-10-8-13-15(9-10)5-6-16/h8-9,12,16H,3-7H2,1-2H3. The number of aliphatic hydroxyl groups excluding tert-OH is 1. The molecule has 1 rings (SSSR count). The lowest BCUT2D eigenvalue weighted by Crippen LogP contribution is -2.26. The van der Waals surface area contributed by atoms with Crippen LogP contribution in [0.25, 0.3) is 0 Å². The predicted molar refractivity (Wildman–Crippen MR) is 64.3 cm³/mol. The zero-order chi connectivity index (χ0) is 12.7. The van der Waals surface area contributed by atoms with Gasteiger partial charge in [0.25, 0.3) is 0 Å². The van der Waals surface area contributed by atoms with E-state index in [0.29, 0.717) is 26.1 Å². The van der Waals surface area contributed by atoms with E-state index in [1.807, 2.05) is 6.20 Å². The van der Waals surface area contributed by atoms with Crippen LogP contribution in [0.4, 0.5) is 0 Å². The Hall–Kier alpha value is -1.40. The highest BCUT2D eigenvalue weighted by Gasteiger charge is 2.03. The quantitative estimate of drug-likeness (QED) is 0.627. The van der Waals surface area contributed by atoms with Crippen LogP contribution < -0.4 is 5.32 Å². The minimum atomic E-state index is 0.0892. The molecule has 0 fully saturated rings. The molecule has 0 aliphatic rings. The first-order valence-corrected chi connectivity index (χ1v) is 5.66. The Morgan fingerprint density at radius 2 is 2.35 bits per heavy atom. The smallest absolute Gasteiger partial charge is 0.223 e. The van der Waals surface area contributed by atoms with Gasteiger partial charge in [-0.15, -0.1) is 0 Å². The maximum atomic E-state index is 11.3. The Kier molecular flexibility index (Phi) is 5.65. The zero-order valence-electron chi connectivity index (χ0n) is 10.4. The summed E-state index contributed by atoms with van der Waals surface area (Å²) in [7, 11) is 3.50. The molecule has 0 bridgehead atoms. The first-order valence-electron chi connectivity index (χ1n) is 5.66. The molecular formula is C11H20N4O2. The molecule has 0 atom stereocenters. The third-order valence-electron chi connectivity index (χ3n) is 2.36. The van der Waals surface area contributed by atoms with Crippen LogP contribution >= 0.6 is 0 Å². The molecule has 0 aliphatic heterocycles. The van der Waals surface area contributed by atoms with Crippen LogP contribution in [-0.2, 0) is 17.9 Å². The summed E-state index contributed by atoms with van der Waals surface area (Å²) < 4.78 is 1.70. The number of amides is 1. The van der Waals surface area contributed by atoms with Gasteiger partial charge in [0.1, 0.15) is 0 Å². The van der Waals surface area contributed by atoms with Gasteiger partial charge in [-0.3, -0.25) is 9.48 Å². The molecular weight excluding hydrogens is 220 g/mol. The lowest BCUT2D eigenvalue weighted by Gasteiger charge is -2.09. The molecule has 0 radical (unpaired) electrons. The largest absolute Gasteiger partial charge is 0.394 e. The summed E-state index contributed by atoms with van der Waals surface area (Å²) in [6.07, 6.45) is 4.14. The number of aliphatic hydroxyl groups is 1. The lowest BCUT2D eigenvalue weighted by molar-refractivity contribution is -0.128. The predicted octanol–water partition coefficient (Wildman–Crippen LogP) is -0.557. The minimum Gasteiger partial charge on any atom is -0.394 e. The van der Waals surface area contributed by atoms with Crippen molar-refractivity contribution < 1.29 is 9.90 Å². The van der Waals surface area contributed by atoms with Gasteiger partial charge in [-0.1, -0.05) is 0 Å². The van der Waals surface area contributed by atoms with Crippen molar-refractivity contribution in [2.24, 2.45) is 0 Å². The number of hydrogen-bond donors (Lipinski definition) is 2. The topological polar surface area (TPSA) is 70.4 Å². The summed E-state index contributed by atoms with van der Waals surface area (Å²) in [4.78, 5) is 12.9. The van der Waals surface area contributed by atoms with E-state index < -0.39 is 0 Å². The first kappa shape index (κ1) is 13.7. The fourth-order valence-corrected chi connectivity index (χ4v) is 1.37. The van der Waals surface area contributed by atoms with Gasteiger partial charge in [0.05, 0.1) is 19.3 Å². The van der Waals surface area contributed by atoms with E-state index in [-0.39, 0.29) is 12.5 Å². The molecule has 1 aromatic rings. The van der Waals surface area contributed by atoms with Crippen LogP contribution in [-0.4, -0.2) is 52.9 Å². The number of carbonyl (C=O) groups is 1. The summed E-state index contributed by atoms with van der Waals surface area (Å²) in [6.45, 7) is 1.94. The Balaban J connectivity index is 2.19. The minimum absolute atomic E-state index is 0.0892. The van der Waals surface area contributed by atoms with Crippen LogP contribution in [0.5, 0.6) is 0 Å². The molecule has 0 unspecified atom stereocenters. The van der Waals surface area contributed by atoms with Crippen molar-refractivity contribution in [3.05, 3.63) is 18.0 Å². The number of nitrogens with one attached hydrogen (secondary N) is 1. The molecule has 1 amide bonds. The van der Waals surface area contributed by atoms with E-state index in [2.05, 4.69) is 10.4 Å². The Labute approximate surface area is 101 Å². The van der Waals surface area contributed by atoms with Gasteiger partial charge in [0.15, 0.2) is 0 Å². The van der Waals surface area contributed by atoms with Crippen LogP contribution in [0.1, 0.15) is 12.0 Å². The van der Waals surface area contributed by atoms with Gasteiger partial charge in [-0.2, -0.15) is 5.10 Å². The normalized spacial score (nSPS) is 10.5. The summed E-state index contributed by atoms with van der Waals surface area (Å²) in [6, 6.07) is 0. The van der Waals surface area contributed by atoms with Gasteiger partial charge < -0.3 is 15.3 Å². The maximum Gasteiger partial charge on any atom is 0.223 e. The molecule has 0 aliphatic carbocycles. The van der Waals surface area contributed by atoms with Crippen LogP contribution in [0, 0.1) is 0 Å². The SMILES string of the molecule is CN(C)C(=O)CCNCc1cnn(CCO)c1. The first-order chi connectivity index (χ1) is 8.13. The fourth-order valence-electron chi connectivity index (χ4n) is 1.37. The van der Waals surface area contributed by atoms with Gasteiger partial charge in [-0.25, -0.2) is 0 Å². The molecule has 6 heteroatoms. The highest BCUT2D eigenvalue weighted by Crippen LogP contribution is 1.97. The van der Waals surface area contributed by atoms with Crippen molar-refractivity contribution in [3.63, 3.8) is 0 Å². The molecule has 2 N–H and O–H groups in total. The molecule has 6 nitrogen and oxygen atoms in total. The Bertz CT molecular complexity index is 349. The van der Waals surface area contributed by atoms with E-state index in [0.717, 1.165) is 5.56 Å². The monoisotopic (exact) mass is 240 g/mol. The molecule has 1 heterocycles. The average Bonchev–Trinajstić information content (AvgIpc) is 2.72. The summed E-state index contributed by atoms with van der Waals surface area (Å²) >= 11 is 0. The van der Waals surface area contributed by atoms with E-state index in [4.69, 9.17) is 5.11 Å². The van der Waals surface area contributed by atoms with Crippen LogP contribution in [0.2, 0.25) is 0 Å². The molecule has 96 valence electrons. The summed E-state index contributed by atoms with van der Waals surface area (Å²) in [5.74, 6) is 0.119. The third-order valence-corrected chi connectivity index (χ3v) is 2.36. The van der Waals surface area contributed by atoms with E-state index in [1.54, 1.807) is 29.9 Å². The van der Waals surface area contributed by atoms with Gasteiger partial charge >= 0.3 is 0 Å². The van der Waals surface area contributed by atoms with Crippen molar-refractivity contribution >= 4 is 5.91 Å². The average molecular weight is 240 g/mol. The van der Waals surface area contributed by atoms with Crippen LogP contribution in [0.3, 0.4) is 0 Å². The molecule has 1 aromatic heterocycles. The molecule has 0 aromatic carbocycles. The van der Waals surface area contributed by atoms with Gasteiger partial charge in [0, 0.05) is 45.4 Å². The summed E-state index contributed by atoms with van der Waals surface area (Å²) in [5, 5.41) is 16.0. The van der Waals surface area contributed by atoms with Crippen molar-refractivity contribution in [1.82, 2.24) is 20.0 Å². The van der Waals surface area contributed by atoms with Crippen LogP contribution in [0.15, 0.2) is 12.4 Å². The third kappa shape index (κ3) is 4.97. The van der Waals surface area contributed by atoms with Gasteiger partial charge in [-0.05, 0) is 0 Å². The van der Waals surface area contributed by atoms with Crippen molar-refractivity contribution in [2.45, 2.75) is 19.5 Å². The summed E-state index contributed by atoms with van der Waals surface area (Å²) in [5.41, 5.74) is 1.05. The van der Waals surface area contributed by atoms with Gasteiger partial charge in [0.2, 0.25) is 5.91 Å². The Morgan fingerprint density at radius 1 is 1.59 bits per heavy atom. The highest BCUT2D eigenvalue weighted by molar-refractivity contribution is 5.75. The molecule has 0 spiro atoms. The number of carbonyl (C=O) groups excluding carboxylic acids is 1. The second-order valence-corrected chi connectivity index (χ2v) is 4.05. The fraction of sp³-hybridized carbons (Fsp3) is 0.636. The number of aromatic nitrogens is 2. The Morgan fingerprint density at radius 3 is 3.00 bits per heavy atom. The highest BCUT2D eigenvalue weighted by atomic mass is 16.3. The van der Waals surface area contributed by atoms with E-state index in [9.17, 15) is 4.79 Å². The second kappa shape index (κ2) is 7.03. The molecule has 17 heavy (non-hydrogen) atoms. The second-order valence-electron chi connectivity index (χ2n) is 4.05. The molecule has 0 saturated carbocycles. The molecule has 0 saturated heterocycles. The van der Waals surface area contributed by atoms with Crippen molar-refractivity contribution in [2.75, 3.05) is 27.2 Å². The van der Waals surface area contributed by atoms with E-state index in [1.165, 1.54) is 0 Å². The number of rotatable bonds is 7. The lowest BCUT2D eigenvalue weighted by atomic mass is 10.3. The number of nitrogens with zero attached hydrogens (tertiary/aromatic N) is 3. The maximum absolute atomic E-state index is 11.3. The number of hydrogen-bond acceptors (Lipinski definition) is 4. The van der Waals surface area contributed by atoms with E-state index >= 15 is 0 Å². The van der Waals surface area contributed by atoms with Crippen molar-refractivity contribution in [3.8, 4) is 0 Å².